The molecule has 0 heteroatoms. The molecule has 0 heterocycles. The van der Waals surface area contributed by atoms with Crippen molar-refractivity contribution in [3.63, 3.8) is 0 Å². The Morgan fingerprint density at radius 1 is 0.286 bits per heavy atom. The highest BCUT2D eigenvalue weighted by molar-refractivity contribution is 6.24. The van der Waals surface area contributed by atoms with E-state index in [0.29, 0.717) is 0 Å². The smallest absolute Gasteiger partial charge is 0.0159 e. The Labute approximate surface area is 328 Å². The van der Waals surface area contributed by atoms with Crippen molar-refractivity contribution >= 4 is 43.1 Å². The molecule has 10 aromatic rings. The van der Waals surface area contributed by atoms with Crippen LogP contribution in [0.5, 0.6) is 0 Å². The maximum absolute atomic E-state index is 2.41. The van der Waals surface area contributed by atoms with Gasteiger partial charge in [0.2, 0.25) is 0 Å². The van der Waals surface area contributed by atoms with Gasteiger partial charge in [0.1, 0.15) is 0 Å². The van der Waals surface area contributed by atoms with E-state index in [0.717, 1.165) is 0 Å². The van der Waals surface area contributed by atoms with Crippen molar-refractivity contribution in [1.82, 2.24) is 0 Å². The molecule has 56 heavy (non-hydrogen) atoms. The van der Waals surface area contributed by atoms with E-state index in [4.69, 9.17) is 0 Å². The molecular formula is C56H40. The van der Waals surface area contributed by atoms with Crippen LogP contribution >= 0.6 is 0 Å². The zero-order valence-electron chi connectivity index (χ0n) is 31.9. The highest BCUT2D eigenvalue weighted by Crippen LogP contribution is 2.54. The van der Waals surface area contributed by atoms with Crippen LogP contribution in [0.4, 0.5) is 0 Å². The molecule has 0 saturated heterocycles. The third-order valence-corrected chi connectivity index (χ3v) is 12.5. The molecule has 0 unspecified atom stereocenters. The largest absolute Gasteiger partial charge is 0.0622 e. The fourth-order valence-electron chi connectivity index (χ4n) is 10.0. The molecule has 0 aromatic heterocycles. The summed E-state index contributed by atoms with van der Waals surface area (Å²) in [6.07, 6.45) is 0. The first-order chi connectivity index (χ1) is 27.5. The molecule has 10 aromatic carbocycles. The van der Waals surface area contributed by atoms with Gasteiger partial charge in [-0.1, -0.05) is 207 Å². The van der Waals surface area contributed by atoms with Crippen LogP contribution in [0.2, 0.25) is 0 Å². The fourth-order valence-corrected chi connectivity index (χ4v) is 10.0. The van der Waals surface area contributed by atoms with E-state index in [-0.39, 0.29) is 5.41 Å². The van der Waals surface area contributed by atoms with Crippen LogP contribution in [0.3, 0.4) is 0 Å². The van der Waals surface area contributed by atoms with E-state index in [1.807, 2.05) is 0 Å². The molecule has 0 saturated carbocycles. The zero-order valence-corrected chi connectivity index (χ0v) is 31.9. The highest BCUT2D eigenvalue weighted by atomic mass is 14.4. The molecule has 0 nitrogen and oxygen atoms in total. The van der Waals surface area contributed by atoms with E-state index >= 15 is 0 Å². The lowest BCUT2D eigenvalue weighted by Gasteiger charge is -2.23. The lowest BCUT2D eigenvalue weighted by molar-refractivity contribution is 0.660. The van der Waals surface area contributed by atoms with Crippen molar-refractivity contribution in [2.45, 2.75) is 26.2 Å². The van der Waals surface area contributed by atoms with Gasteiger partial charge >= 0.3 is 0 Å². The summed E-state index contributed by atoms with van der Waals surface area (Å²) in [5.74, 6) is 0. The zero-order chi connectivity index (χ0) is 37.5. The number of aryl methyl sites for hydroxylation is 1. The molecule has 1 aliphatic carbocycles. The summed E-state index contributed by atoms with van der Waals surface area (Å²) in [4.78, 5) is 0. The lowest BCUT2D eigenvalue weighted by atomic mass is 9.80. The van der Waals surface area contributed by atoms with Gasteiger partial charge in [0.15, 0.2) is 0 Å². The third-order valence-electron chi connectivity index (χ3n) is 12.5. The second-order valence-electron chi connectivity index (χ2n) is 16.0. The summed E-state index contributed by atoms with van der Waals surface area (Å²) in [6, 6.07) is 70.1. The summed E-state index contributed by atoms with van der Waals surface area (Å²) >= 11 is 0. The minimum atomic E-state index is -0.0658. The Kier molecular flexibility index (Phi) is 7.22. The second-order valence-corrected chi connectivity index (χ2v) is 16.0. The van der Waals surface area contributed by atoms with E-state index in [1.54, 1.807) is 0 Å². The Morgan fingerprint density at radius 3 is 1.25 bits per heavy atom. The molecule has 0 atom stereocenters. The first-order valence-electron chi connectivity index (χ1n) is 19.8. The molecular weight excluding hydrogens is 673 g/mol. The van der Waals surface area contributed by atoms with Crippen LogP contribution in [0.1, 0.15) is 30.5 Å². The van der Waals surface area contributed by atoms with Gasteiger partial charge in [0, 0.05) is 5.41 Å². The van der Waals surface area contributed by atoms with Gasteiger partial charge in [-0.3, -0.25) is 0 Å². The number of benzene rings is 10. The summed E-state index contributed by atoms with van der Waals surface area (Å²) < 4.78 is 0. The highest BCUT2D eigenvalue weighted by Gasteiger charge is 2.37. The van der Waals surface area contributed by atoms with Gasteiger partial charge in [-0.2, -0.15) is 0 Å². The third kappa shape index (κ3) is 4.72. The van der Waals surface area contributed by atoms with Gasteiger partial charge in [-0.05, 0) is 117 Å². The van der Waals surface area contributed by atoms with Crippen molar-refractivity contribution in [2.75, 3.05) is 0 Å². The summed E-state index contributed by atoms with van der Waals surface area (Å²) in [7, 11) is 0. The molecule has 0 bridgehead atoms. The summed E-state index contributed by atoms with van der Waals surface area (Å²) in [6.45, 7) is 6.97. The summed E-state index contributed by atoms with van der Waals surface area (Å²) in [5, 5.41) is 10.2. The Hall–Kier alpha value is -6.76. The normalized spacial score (nSPS) is 13.1. The van der Waals surface area contributed by atoms with Crippen molar-refractivity contribution in [3.05, 3.63) is 205 Å². The Balaban J connectivity index is 1.15. The van der Waals surface area contributed by atoms with Gasteiger partial charge in [-0.15, -0.1) is 0 Å². The minimum Gasteiger partial charge on any atom is -0.0622 e. The van der Waals surface area contributed by atoms with Crippen LogP contribution < -0.4 is 0 Å². The quantitative estimate of drug-likeness (QED) is 0.159. The summed E-state index contributed by atoms with van der Waals surface area (Å²) in [5.41, 5.74) is 16.9. The lowest BCUT2D eigenvalue weighted by Crippen LogP contribution is -2.14. The van der Waals surface area contributed by atoms with Crippen LogP contribution in [0, 0.1) is 6.92 Å². The van der Waals surface area contributed by atoms with Gasteiger partial charge in [-0.25, -0.2) is 0 Å². The predicted octanol–water partition coefficient (Wildman–Crippen LogP) is 15.6. The van der Waals surface area contributed by atoms with Crippen molar-refractivity contribution in [2.24, 2.45) is 0 Å². The Bertz CT molecular complexity index is 3140. The molecule has 0 amide bonds. The Morgan fingerprint density at radius 2 is 0.696 bits per heavy atom. The van der Waals surface area contributed by atoms with Crippen LogP contribution in [-0.2, 0) is 5.41 Å². The number of fused-ring (bicyclic) bond motifs is 7. The van der Waals surface area contributed by atoms with Gasteiger partial charge in [0.25, 0.3) is 0 Å². The number of hydrogen-bond donors (Lipinski definition) is 0. The maximum Gasteiger partial charge on any atom is 0.0159 e. The average molecular weight is 713 g/mol. The molecule has 0 aliphatic heterocycles. The van der Waals surface area contributed by atoms with Crippen molar-refractivity contribution in [3.8, 4) is 55.6 Å². The van der Waals surface area contributed by atoms with E-state index in [9.17, 15) is 0 Å². The SMILES string of the molecule is Cc1ccc2c(-c3ccc(-c4c5ccccc5c(-c5ccccc5)c5ccccc45)cc3)c3ccccc3c(-c3cccc4c3-c3ccccc3C4(C)C)c2c1. The first-order valence-corrected chi connectivity index (χ1v) is 19.8. The van der Waals surface area contributed by atoms with Crippen LogP contribution in [0.15, 0.2) is 188 Å². The molecule has 11 rings (SSSR count). The molecule has 0 radical (unpaired) electrons. The maximum atomic E-state index is 2.41. The van der Waals surface area contributed by atoms with Gasteiger partial charge < -0.3 is 0 Å². The van der Waals surface area contributed by atoms with E-state index in [1.165, 1.54) is 115 Å². The number of hydrogen-bond acceptors (Lipinski definition) is 0. The fraction of sp³-hybridized carbons (Fsp3) is 0.0714. The van der Waals surface area contributed by atoms with Crippen molar-refractivity contribution in [1.29, 1.82) is 0 Å². The van der Waals surface area contributed by atoms with E-state index < -0.39 is 0 Å². The molecule has 264 valence electrons. The van der Waals surface area contributed by atoms with Crippen LogP contribution in [-0.4, -0.2) is 0 Å². The molecule has 1 aliphatic rings. The number of rotatable bonds is 4. The molecule has 0 N–H and O–H groups in total. The van der Waals surface area contributed by atoms with Gasteiger partial charge in [0.05, 0.1) is 0 Å². The predicted molar refractivity (Wildman–Crippen MR) is 241 cm³/mol. The average Bonchev–Trinajstić information content (AvgIpc) is 3.48. The van der Waals surface area contributed by atoms with E-state index in [2.05, 4.69) is 209 Å². The molecule has 0 fully saturated rings. The minimum absolute atomic E-state index is 0.0658. The van der Waals surface area contributed by atoms with Crippen LogP contribution in [0.25, 0.3) is 98.7 Å². The topological polar surface area (TPSA) is 0 Å². The van der Waals surface area contributed by atoms with Crippen molar-refractivity contribution < 1.29 is 0 Å². The molecule has 0 spiro atoms. The second kappa shape index (κ2) is 12.4. The monoisotopic (exact) mass is 712 g/mol. The first kappa shape index (κ1) is 32.7. The standard InChI is InChI=1S/C56H40/c1-35-28-33-45-48(34-35)54(47-25-15-27-50-55(47)46-24-13-14-26-49(46)56(50,2)3)44-23-12-11-22-43(44)53(45)38-31-29-37(30-32-38)52-41-20-9-7-18-39(41)51(36-16-5-4-6-17-36)40-19-8-10-21-42(40)52/h4-34H,1-3H3.